The van der Waals surface area contributed by atoms with Crippen LogP contribution in [0.1, 0.15) is 43.2 Å². The van der Waals surface area contributed by atoms with Gasteiger partial charge in [-0.25, -0.2) is 9.78 Å². The molecular weight excluding hydrogens is 494 g/mol. The van der Waals surface area contributed by atoms with Gasteiger partial charge < -0.3 is 14.4 Å². The summed E-state index contributed by atoms with van der Waals surface area (Å²) in [6.45, 7) is 3.38. The van der Waals surface area contributed by atoms with Crippen LogP contribution in [0, 0.1) is 0 Å². The topological polar surface area (TPSA) is 89.0 Å². The van der Waals surface area contributed by atoms with Crippen molar-refractivity contribution in [2.24, 2.45) is 0 Å². The number of nitrogens with zero attached hydrogens (tertiary/aromatic N) is 3. The number of carbonyl (C=O) groups is 3. The van der Waals surface area contributed by atoms with Crippen LogP contribution < -0.4 is 4.90 Å². The van der Waals surface area contributed by atoms with Gasteiger partial charge in [-0.3, -0.25) is 14.5 Å². The van der Waals surface area contributed by atoms with Crippen LogP contribution in [0.15, 0.2) is 85.1 Å². The molecule has 204 valence electrons. The molecule has 1 atom stereocenters. The molecule has 0 N–H and O–H groups in total. The van der Waals surface area contributed by atoms with Crippen LogP contribution in [0.4, 0.5) is 5.82 Å². The normalized spacial score (nSPS) is 15.6. The number of likely N-dealkylation sites (tertiary alicyclic amines) is 1. The zero-order valence-electron chi connectivity index (χ0n) is 22.5. The molecule has 1 aliphatic rings. The highest BCUT2D eigenvalue weighted by Crippen LogP contribution is 2.35. The number of anilines is 1. The molecule has 8 heteroatoms. The van der Waals surface area contributed by atoms with Crippen molar-refractivity contribution in [3.8, 4) is 0 Å². The molecule has 2 heterocycles. The Morgan fingerprint density at radius 2 is 1.59 bits per heavy atom. The SMILES string of the molecule is CCC(=O)N(c1ccccn1)C1(C(=O)OC)CCN(CC(C(=O)OCc2ccccc2)c2ccccc2)CC1. The maximum absolute atomic E-state index is 13.3. The number of methoxy groups -OCH3 is 1. The third kappa shape index (κ3) is 6.52. The van der Waals surface area contributed by atoms with Crippen molar-refractivity contribution in [2.45, 2.75) is 44.2 Å². The summed E-state index contributed by atoms with van der Waals surface area (Å²) >= 11 is 0. The van der Waals surface area contributed by atoms with Crippen molar-refractivity contribution in [1.29, 1.82) is 0 Å². The summed E-state index contributed by atoms with van der Waals surface area (Å²) in [4.78, 5) is 47.8. The first-order chi connectivity index (χ1) is 19.0. The minimum Gasteiger partial charge on any atom is -0.467 e. The molecule has 0 spiro atoms. The molecule has 0 bridgehead atoms. The summed E-state index contributed by atoms with van der Waals surface area (Å²) in [5.74, 6) is -1.03. The summed E-state index contributed by atoms with van der Waals surface area (Å²) in [5, 5.41) is 0. The lowest BCUT2D eigenvalue weighted by molar-refractivity contribution is -0.152. The lowest BCUT2D eigenvalue weighted by Crippen LogP contribution is -2.63. The first-order valence-electron chi connectivity index (χ1n) is 13.3. The molecule has 0 aliphatic carbocycles. The minimum atomic E-state index is -1.18. The molecule has 0 radical (unpaired) electrons. The van der Waals surface area contributed by atoms with Crippen molar-refractivity contribution >= 4 is 23.7 Å². The van der Waals surface area contributed by atoms with E-state index < -0.39 is 17.4 Å². The predicted molar refractivity (Wildman–Crippen MR) is 148 cm³/mol. The van der Waals surface area contributed by atoms with Crippen LogP contribution >= 0.6 is 0 Å². The fraction of sp³-hybridized carbons (Fsp3) is 0.355. The van der Waals surface area contributed by atoms with E-state index in [0.29, 0.717) is 38.3 Å². The van der Waals surface area contributed by atoms with Crippen LogP contribution in [0.2, 0.25) is 0 Å². The molecule has 1 fully saturated rings. The van der Waals surface area contributed by atoms with Crippen LogP contribution in [0.3, 0.4) is 0 Å². The molecular formula is C31H35N3O5. The Bertz CT molecular complexity index is 1230. The first kappa shape index (κ1) is 28.0. The largest absolute Gasteiger partial charge is 0.467 e. The number of benzene rings is 2. The van der Waals surface area contributed by atoms with Gasteiger partial charge in [-0.05, 0) is 36.1 Å². The zero-order chi connectivity index (χ0) is 27.7. The van der Waals surface area contributed by atoms with Crippen molar-refractivity contribution < 1.29 is 23.9 Å². The molecule has 1 saturated heterocycles. The van der Waals surface area contributed by atoms with Gasteiger partial charge in [0, 0.05) is 32.3 Å². The Kier molecular flexibility index (Phi) is 9.44. The van der Waals surface area contributed by atoms with Crippen LogP contribution in [-0.2, 0) is 30.5 Å². The third-order valence-corrected chi connectivity index (χ3v) is 7.26. The Labute approximate surface area is 229 Å². The Balaban J connectivity index is 1.53. The number of piperidine rings is 1. The van der Waals surface area contributed by atoms with Gasteiger partial charge >= 0.3 is 11.9 Å². The second-order valence-electron chi connectivity index (χ2n) is 9.65. The summed E-state index contributed by atoms with van der Waals surface area (Å²) in [5.41, 5.74) is 0.619. The Morgan fingerprint density at radius 3 is 2.18 bits per heavy atom. The molecule has 1 aromatic heterocycles. The zero-order valence-corrected chi connectivity index (χ0v) is 22.5. The number of pyridine rings is 1. The molecule has 3 aromatic rings. The number of amides is 1. The van der Waals surface area contributed by atoms with Crippen LogP contribution in [0.25, 0.3) is 0 Å². The van der Waals surface area contributed by atoms with E-state index in [9.17, 15) is 14.4 Å². The van der Waals surface area contributed by atoms with Gasteiger partial charge in [-0.15, -0.1) is 0 Å². The fourth-order valence-electron chi connectivity index (χ4n) is 5.13. The number of rotatable bonds is 10. The van der Waals surface area contributed by atoms with E-state index in [1.54, 1.807) is 31.3 Å². The van der Waals surface area contributed by atoms with E-state index in [1.165, 1.54) is 12.0 Å². The molecule has 1 aliphatic heterocycles. The van der Waals surface area contributed by atoms with E-state index in [2.05, 4.69) is 9.88 Å². The molecule has 4 rings (SSSR count). The lowest BCUT2D eigenvalue weighted by Gasteiger charge is -2.46. The molecule has 8 nitrogen and oxygen atoms in total. The molecule has 1 amide bonds. The van der Waals surface area contributed by atoms with E-state index in [-0.39, 0.29) is 24.9 Å². The maximum atomic E-state index is 13.3. The monoisotopic (exact) mass is 529 g/mol. The van der Waals surface area contributed by atoms with E-state index >= 15 is 0 Å². The summed E-state index contributed by atoms with van der Waals surface area (Å²) < 4.78 is 11.0. The van der Waals surface area contributed by atoms with Gasteiger partial charge in [0.15, 0.2) is 0 Å². The molecule has 0 saturated carbocycles. The van der Waals surface area contributed by atoms with Crippen molar-refractivity contribution in [1.82, 2.24) is 9.88 Å². The van der Waals surface area contributed by atoms with Gasteiger partial charge in [-0.2, -0.15) is 0 Å². The van der Waals surface area contributed by atoms with Gasteiger partial charge in [0.1, 0.15) is 18.0 Å². The second kappa shape index (κ2) is 13.2. The predicted octanol–water partition coefficient (Wildman–Crippen LogP) is 4.36. The Morgan fingerprint density at radius 1 is 0.949 bits per heavy atom. The number of carbonyl (C=O) groups excluding carboxylic acids is 3. The van der Waals surface area contributed by atoms with Crippen molar-refractivity contribution in [3.05, 3.63) is 96.2 Å². The molecule has 1 unspecified atom stereocenters. The second-order valence-corrected chi connectivity index (χ2v) is 9.65. The van der Waals surface area contributed by atoms with E-state index in [0.717, 1.165) is 11.1 Å². The van der Waals surface area contributed by atoms with Crippen LogP contribution in [0.5, 0.6) is 0 Å². The first-order valence-corrected chi connectivity index (χ1v) is 13.3. The summed E-state index contributed by atoms with van der Waals surface area (Å²) in [6.07, 6.45) is 2.53. The minimum absolute atomic E-state index is 0.195. The summed E-state index contributed by atoms with van der Waals surface area (Å²) in [6, 6.07) is 24.5. The number of esters is 2. The number of ether oxygens (including phenoxy) is 2. The highest BCUT2D eigenvalue weighted by molar-refractivity contribution is 6.01. The highest BCUT2D eigenvalue weighted by atomic mass is 16.5. The van der Waals surface area contributed by atoms with Gasteiger partial charge in [0.2, 0.25) is 5.91 Å². The standard InChI is InChI=1S/C31H35N3O5/c1-3-28(35)34(27-16-10-11-19-32-27)31(30(37)38-2)17-20-33(21-18-31)22-26(25-14-8-5-9-15-25)29(36)39-23-24-12-6-4-7-13-24/h4-16,19,26H,3,17-18,20-23H2,1-2H3. The highest BCUT2D eigenvalue weighted by Gasteiger charge is 2.50. The van der Waals surface area contributed by atoms with Crippen molar-refractivity contribution in [2.75, 3.05) is 31.6 Å². The third-order valence-electron chi connectivity index (χ3n) is 7.26. The number of hydrogen-bond acceptors (Lipinski definition) is 7. The molecule has 39 heavy (non-hydrogen) atoms. The quantitative estimate of drug-likeness (QED) is 0.361. The van der Waals surface area contributed by atoms with Crippen LogP contribution in [-0.4, -0.2) is 60.0 Å². The number of hydrogen-bond donors (Lipinski definition) is 0. The average Bonchev–Trinajstić information content (AvgIpc) is 3.00. The number of aromatic nitrogens is 1. The van der Waals surface area contributed by atoms with Gasteiger partial charge in [0.25, 0.3) is 0 Å². The van der Waals surface area contributed by atoms with Gasteiger partial charge in [0.05, 0.1) is 13.0 Å². The Hall–Kier alpha value is -4.04. The molecule has 2 aromatic carbocycles. The average molecular weight is 530 g/mol. The smallest absolute Gasteiger partial charge is 0.332 e. The fourth-order valence-corrected chi connectivity index (χ4v) is 5.13. The summed E-state index contributed by atoms with van der Waals surface area (Å²) in [7, 11) is 1.34. The van der Waals surface area contributed by atoms with E-state index in [1.807, 2.05) is 60.7 Å². The van der Waals surface area contributed by atoms with E-state index in [4.69, 9.17) is 9.47 Å². The van der Waals surface area contributed by atoms with Crippen molar-refractivity contribution in [3.63, 3.8) is 0 Å². The van der Waals surface area contributed by atoms with Gasteiger partial charge in [-0.1, -0.05) is 73.7 Å². The maximum Gasteiger partial charge on any atom is 0.332 e. The lowest BCUT2D eigenvalue weighted by atomic mass is 9.84.